The third-order valence-corrected chi connectivity index (χ3v) is 4.36. The predicted octanol–water partition coefficient (Wildman–Crippen LogP) is 1.76. The van der Waals surface area contributed by atoms with Crippen molar-refractivity contribution in [3.8, 4) is 17.2 Å². The van der Waals surface area contributed by atoms with Crippen molar-refractivity contribution in [2.75, 3.05) is 14.2 Å². The Morgan fingerprint density at radius 1 is 1.07 bits per heavy atom. The van der Waals surface area contributed by atoms with E-state index in [9.17, 15) is 4.79 Å². The van der Waals surface area contributed by atoms with Crippen LogP contribution in [0.2, 0.25) is 0 Å². The first-order chi connectivity index (χ1) is 13.5. The monoisotopic (exact) mass is 383 g/mol. The van der Waals surface area contributed by atoms with Crippen molar-refractivity contribution in [2.45, 2.75) is 6.92 Å². The third kappa shape index (κ3) is 3.35. The molecule has 3 aromatic rings. The molecule has 3 rings (SSSR count). The molecule has 0 unspecified atom stereocenters. The van der Waals surface area contributed by atoms with Crippen LogP contribution in [0.4, 0.5) is 0 Å². The number of ether oxygens (including phenoxy) is 2. The third-order valence-electron chi connectivity index (χ3n) is 4.36. The number of methoxy groups -OCH3 is 2. The van der Waals surface area contributed by atoms with E-state index in [0.29, 0.717) is 28.5 Å². The molecule has 2 N–H and O–H groups in total. The first-order valence-electron chi connectivity index (χ1n) is 8.40. The number of hydrogen-bond acceptors (Lipinski definition) is 7. The highest BCUT2D eigenvalue weighted by atomic mass is 16.6. The summed E-state index contributed by atoms with van der Waals surface area (Å²) in [4.78, 5) is 17.7. The van der Waals surface area contributed by atoms with E-state index in [0.717, 1.165) is 20.5 Å². The van der Waals surface area contributed by atoms with Gasteiger partial charge in [-0.15, -0.1) is 0 Å². The van der Waals surface area contributed by atoms with Crippen molar-refractivity contribution >= 4 is 11.3 Å². The molecule has 0 aliphatic heterocycles. The molecule has 0 atom stereocenters. The maximum Gasteiger partial charge on any atom is 0.368 e. The highest BCUT2D eigenvalue weighted by Crippen LogP contribution is 2.36. The fraction of sp³-hybridized carbons (Fsp3) is 0.211. The van der Waals surface area contributed by atoms with Crippen molar-refractivity contribution < 1.29 is 14.3 Å². The van der Waals surface area contributed by atoms with Gasteiger partial charge in [-0.3, -0.25) is 0 Å². The summed E-state index contributed by atoms with van der Waals surface area (Å²) in [6.45, 7) is 1.85. The average Bonchev–Trinajstić information content (AvgIpc) is 3.07. The van der Waals surface area contributed by atoms with Gasteiger partial charge in [0.1, 0.15) is 11.5 Å². The van der Waals surface area contributed by atoms with Crippen LogP contribution in [0.3, 0.4) is 0 Å². The van der Waals surface area contributed by atoms with E-state index in [4.69, 9.17) is 20.2 Å². The van der Waals surface area contributed by atoms with Crippen LogP contribution in [0.15, 0.2) is 47.3 Å². The number of allylic oxidation sites excluding steroid dienone is 1. The van der Waals surface area contributed by atoms with Gasteiger partial charge in [0.15, 0.2) is 5.76 Å². The Morgan fingerprint density at radius 2 is 1.82 bits per heavy atom. The molecule has 0 saturated heterocycles. The number of aromatic nitrogens is 4. The fourth-order valence-electron chi connectivity index (χ4n) is 2.88. The Balaban J connectivity index is 2.30. The minimum Gasteiger partial charge on any atom is -0.497 e. The maximum atomic E-state index is 12.4. The molecule has 2 aromatic carbocycles. The lowest BCUT2D eigenvalue weighted by Gasteiger charge is -2.17. The topological polar surface area (TPSA) is 106 Å². The minimum absolute atomic E-state index is 0.332. The Hall–Kier alpha value is -3.59. The van der Waals surface area contributed by atoms with E-state index in [1.54, 1.807) is 25.3 Å². The molecule has 146 valence electrons. The second kappa shape index (κ2) is 7.97. The highest BCUT2D eigenvalue weighted by molar-refractivity contribution is 5.91. The molecule has 1 heterocycles. The van der Waals surface area contributed by atoms with Crippen LogP contribution in [-0.2, 0) is 11.9 Å². The number of benzene rings is 2. The van der Waals surface area contributed by atoms with Crippen molar-refractivity contribution in [3.63, 3.8) is 0 Å². The number of nitrogens with two attached hydrogens (primary N) is 1. The number of nitrogens with zero attached hydrogens (tertiary/aromatic N) is 4. The van der Waals surface area contributed by atoms with Gasteiger partial charge in [0, 0.05) is 12.6 Å². The number of aryl methyl sites for hydroxylation is 1. The van der Waals surface area contributed by atoms with Gasteiger partial charge in [-0.1, -0.05) is 18.2 Å². The highest BCUT2D eigenvalue weighted by Gasteiger charge is 2.22. The minimum atomic E-state index is -0.412. The Morgan fingerprint density at radius 3 is 2.43 bits per heavy atom. The summed E-state index contributed by atoms with van der Waals surface area (Å²) in [6, 6.07) is 12.7. The molecule has 0 fully saturated rings. The van der Waals surface area contributed by atoms with Gasteiger partial charge in [-0.25, -0.2) is 4.79 Å². The quantitative estimate of drug-likeness (QED) is 0.393. The van der Waals surface area contributed by atoms with Crippen LogP contribution in [-0.4, -0.2) is 34.0 Å². The second-order valence-corrected chi connectivity index (χ2v) is 5.96. The summed E-state index contributed by atoms with van der Waals surface area (Å²) >= 11 is 0. The molecule has 9 heteroatoms. The lowest BCUT2D eigenvalue weighted by molar-refractivity contribution is 0.289. The summed E-state index contributed by atoms with van der Waals surface area (Å²) < 4.78 is 13.1. The molecule has 0 amide bonds. The molecule has 28 heavy (non-hydrogen) atoms. The van der Waals surface area contributed by atoms with Crippen LogP contribution in [0.1, 0.15) is 18.1 Å². The van der Waals surface area contributed by atoms with Crippen LogP contribution in [0, 0.1) is 0 Å². The smallest absolute Gasteiger partial charge is 0.368 e. The van der Waals surface area contributed by atoms with Crippen molar-refractivity contribution in [1.82, 2.24) is 19.8 Å². The normalized spacial score (nSPS) is 11.8. The predicted molar refractivity (Wildman–Crippen MR) is 104 cm³/mol. The molecule has 0 saturated carbocycles. The van der Waals surface area contributed by atoms with Crippen LogP contribution in [0.5, 0.6) is 11.5 Å². The van der Waals surface area contributed by atoms with Crippen LogP contribution < -0.4 is 21.1 Å². The van der Waals surface area contributed by atoms with E-state index < -0.39 is 5.69 Å². The molecular formula is C19H21N5O4. The Labute approximate surface area is 161 Å². The van der Waals surface area contributed by atoms with Crippen molar-refractivity contribution in [2.24, 2.45) is 12.9 Å². The van der Waals surface area contributed by atoms with Gasteiger partial charge < -0.3 is 14.3 Å². The standard InChI is InChI=1S/C19H21N5O4/c1-12(13-7-5-8-14(11-13)26-3)18(28-20)17-15(9-6-10-16(17)27-4)24-19(25)23(2)21-22-24/h5-11H,20H2,1-4H3/b18-12+. The molecular weight excluding hydrogens is 362 g/mol. The van der Waals surface area contributed by atoms with E-state index in [-0.39, 0.29) is 0 Å². The average molecular weight is 383 g/mol. The van der Waals surface area contributed by atoms with E-state index in [1.165, 1.54) is 14.2 Å². The Kier molecular flexibility index (Phi) is 5.46. The largest absolute Gasteiger partial charge is 0.497 e. The number of tetrazole rings is 1. The van der Waals surface area contributed by atoms with Crippen LogP contribution >= 0.6 is 0 Å². The summed E-state index contributed by atoms with van der Waals surface area (Å²) in [7, 11) is 4.64. The molecule has 0 spiro atoms. The van der Waals surface area contributed by atoms with E-state index >= 15 is 0 Å². The van der Waals surface area contributed by atoms with Crippen LogP contribution in [0.25, 0.3) is 17.0 Å². The lowest BCUT2D eigenvalue weighted by atomic mass is 10.00. The zero-order valence-electron chi connectivity index (χ0n) is 16.0. The molecule has 0 radical (unpaired) electrons. The van der Waals surface area contributed by atoms with Gasteiger partial charge in [-0.2, -0.15) is 15.3 Å². The van der Waals surface area contributed by atoms with Crippen molar-refractivity contribution in [1.29, 1.82) is 0 Å². The van der Waals surface area contributed by atoms with Gasteiger partial charge in [0.2, 0.25) is 0 Å². The second-order valence-electron chi connectivity index (χ2n) is 5.96. The fourth-order valence-corrected chi connectivity index (χ4v) is 2.88. The van der Waals surface area contributed by atoms with Gasteiger partial charge in [-0.05, 0) is 47.2 Å². The summed E-state index contributed by atoms with van der Waals surface area (Å²) in [6.07, 6.45) is 0. The Bertz CT molecular complexity index is 1080. The van der Waals surface area contributed by atoms with E-state index in [1.807, 2.05) is 31.2 Å². The number of hydrogen-bond donors (Lipinski definition) is 1. The van der Waals surface area contributed by atoms with E-state index in [2.05, 4.69) is 10.4 Å². The summed E-state index contributed by atoms with van der Waals surface area (Å²) in [5, 5.41) is 7.69. The summed E-state index contributed by atoms with van der Waals surface area (Å²) in [5.74, 6) is 7.15. The first kappa shape index (κ1) is 19.2. The molecule has 0 aliphatic rings. The molecule has 9 nitrogen and oxygen atoms in total. The zero-order valence-corrected chi connectivity index (χ0v) is 16.0. The zero-order chi connectivity index (χ0) is 20.3. The molecule has 0 aliphatic carbocycles. The first-order valence-corrected chi connectivity index (χ1v) is 8.40. The van der Waals surface area contributed by atoms with Gasteiger partial charge >= 0.3 is 5.69 Å². The van der Waals surface area contributed by atoms with Gasteiger partial charge in [0.25, 0.3) is 0 Å². The lowest BCUT2D eigenvalue weighted by Crippen LogP contribution is -2.23. The number of rotatable bonds is 6. The van der Waals surface area contributed by atoms with Gasteiger partial charge in [0.05, 0.1) is 25.5 Å². The van der Waals surface area contributed by atoms with Crippen molar-refractivity contribution in [3.05, 3.63) is 64.1 Å². The molecule has 1 aromatic heterocycles. The summed E-state index contributed by atoms with van der Waals surface area (Å²) in [5.41, 5.74) is 2.06. The molecule has 0 bridgehead atoms. The SMILES string of the molecule is COc1cccc(/C(C)=C(/ON)c2c(OC)cccc2-n2nnn(C)c2=O)c1. The maximum absolute atomic E-state index is 12.4.